The van der Waals surface area contributed by atoms with E-state index >= 15 is 0 Å². The normalized spacial score (nSPS) is 19.1. The Hall–Kier alpha value is -1.74. The fourth-order valence-electron chi connectivity index (χ4n) is 3.77. The van der Waals surface area contributed by atoms with Crippen molar-refractivity contribution in [3.8, 4) is 0 Å². The molecule has 1 aromatic rings. The molecule has 2 aliphatic heterocycles. The molecule has 3 heterocycles. The molecule has 0 unspecified atom stereocenters. The number of nitrogens with zero attached hydrogens (tertiary/aromatic N) is 3. The number of rotatable bonds is 10. The summed E-state index contributed by atoms with van der Waals surface area (Å²) >= 11 is 3.60. The molecule has 1 aromatic heterocycles. The minimum atomic E-state index is -1.24. The Bertz CT molecular complexity index is 1040. The number of ether oxygens (including phenoxy) is 2. The van der Waals surface area contributed by atoms with E-state index in [9.17, 15) is 9.59 Å². The van der Waals surface area contributed by atoms with Gasteiger partial charge in [-0.1, -0.05) is 39.3 Å². The van der Waals surface area contributed by atoms with Crippen LogP contribution in [0.15, 0.2) is 21.4 Å². The number of carbonyl (C=O) groups excluding carboxylic acids is 2. The summed E-state index contributed by atoms with van der Waals surface area (Å²) in [4.78, 5) is 32.2. The van der Waals surface area contributed by atoms with Crippen molar-refractivity contribution in [2.45, 2.75) is 64.5 Å². The van der Waals surface area contributed by atoms with E-state index in [2.05, 4.69) is 65.5 Å². The Morgan fingerprint density at radius 3 is 2.20 bits per heavy atom. The van der Waals surface area contributed by atoms with Gasteiger partial charge in [0.15, 0.2) is 0 Å². The Morgan fingerprint density at radius 2 is 1.66 bits per heavy atom. The van der Waals surface area contributed by atoms with E-state index in [-0.39, 0.29) is 36.9 Å². The summed E-state index contributed by atoms with van der Waals surface area (Å²) in [5, 5.41) is 2.54. The molecule has 0 bridgehead atoms. The number of nitrogens with two attached hydrogens (primary N) is 1. The smallest absolute Gasteiger partial charge is 0.277 e. The van der Waals surface area contributed by atoms with Crippen molar-refractivity contribution in [2.24, 2.45) is 10.7 Å². The van der Waals surface area contributed by atoms with Crippen LogP contribution in [0.3, 0.4) is 0 Å². The summed E-state index contributed by atoms with van der Waals surface area (Å²) in [6, 6.07) is 3.92. The van der Waals surface area contributed by atoms with Crippen LogP contribution in [0.5, 0.6) is 0 Å². The van der Waals surface area contributed by atoms with Crippen LogP contribution in [0.25, 0.3) is 5.57 Å². The number of halogens is 1. The fourth-order valence-corrected chi connectivity index (χ4v) is 5.79. The van der Waals surface area contributed by atoms with E-state index in [0.29, 0.717) is 47.6 Å². The molecule has 2 amide bonds. The van der Waals surface area contributed by atoms with Crippen LogP contribution in [0.4, 0.5) is 0 Å². The maximum Gasteiger partial charge on any atom is 0.277 e. The summed E-state index contributed by atoms with van der Waals surface area (Å²) in [5.41, 5.74) is 7.84. The second-order valence-electron chi connectivity index (χ2n) is 11.5. The Morgan fingerprint density at radius 1 is 1.06 bits per heavy atom. The molecule has 0 aliphatic carbocycles. The van der Waals surface area contributed by atoms with Gasteiger partial charge >= 0.3 is 0 Å². The average Bonchev–Trinajstić information content (AvgIpc) is 3.19. The van der Waals surface area contributed by atoms with Crippen molar-refractivity contribution < 1.29 is 19.1 Å². The van der Waals surface area contributed by atoms with Gasteiger partial charge in [0, 0.05) is 41.5 Å². The fraction of sp³-hybridized carbons (Fsp3) is 0.609. The average molecular weight is 585 g/mol. The van der Waals surface area contributed by atoms with Crippen molar-refractivity contribution in [3.05, 3.63) is 27.6 Å². The van der Waals surface area contributed by atoms with Gasteiger partial charge in [0.1, 0.15) is 24.9 Å². The molecule has 0 aromatic carbocycles. The zero-order valence-corrected chi connectivity index (χ0v) is 25.3. The maximum absolute atomic E-state index is 13.7. The van der Waals surface area contributed by atoms with Crippen LogP contribution in [0.2, 0.25) is 51.4 Å². The molecule has 0 fully saturated rings. The van der Waals surface area contributed by atoms with Gasteiger partial charge in [-0.3, -0.25) is 14.9 Å². The number of aromatic nitrogens is 1. The second-order valence-corrected chi connectivity index (χ2v) is 23.5. The van der Waals surface area contributed by atoms with Gasteiger partial charge in [-0.2, -0.15) is 0 Å². The number of aliphatic imine (C=N–C) groups is 1. The van der Waals surface area contributed by atoms with Gasteiger partial charge < -0.3 is 24.7 Å². The molecule has 2 aliphatic rings. The van der Waals surface area contributed by atoms with Gasteiger partial charge in [0.05, 0.1) is 4.60 Å². The summed E-state index contributed by atoms with van der Waals surface area (Å²) in [5.74, 6) is -0.446. The molecule has 12 heteroatoms. The van der Waals surface area contributed by atoms with Crippen LogP contribution >= 0.6 is 15.9 Å². The number of fused-ring (bicyclic) bond motifs is 1. The summed E-state index contributed by atoms with van der Waals surface area (Å²) in [7, 11) is -2.48. The first-order chi connectivity index (χ1) is 16.3. The number of amides is 2. The van der Waals surface area contributed by atoms with Gasteiger partial charge in [-0.05, 0) is 46.1 Å². The van der Waals surface area contributed by atoms with Crippen molar-refractivity contribution in [1.29, 1.82) is 0 Å². The van der Waals surface area contributed by atoms with Crippen molar-refractivity contribution in [2.75, 3.05) is 26.5 Å². The predicted octanol–water partition coefficient (Wildman–Crippen LogP) is 3.88. The van der Waals surface area contributed by atoms with Crippen LogP contribution in [0.1, 0.15) is 22.5 Å². The quantitative estimate of drug-likeness (QED) is 0.246. The number of nitrogens with one attached hydrogen (secondary N) is 1. The largest absolute Gasteiger partial charge is 0.369 e. The molecule has 0 saturated carbocycles. The number of hydrogen-bond acceptors (Lipinski definition) is 6. The van der Waals surface area contributed by atoms with Crippen LogP contribution in [-0.2, 0) is 21.0 Å². The zero-order chi connectivity index (χ0) is 26.0. The highest BCUT2D eigenvalue weighted by molar-refractivity contribution is 9.10. The summed E-state index contributed by atoms with van der Waals surface area (Å²) in [6.45, 7) is 15.9. The highest BCUT2D eigenvalue weighted by Crippen LogP contribution is 2.36. The minimum Gasteiger partial charge on any atom is -0.369 e. The topological polar surface area (TPSA) is 111 Å². The van der Waals surface area contributed by atoms with E-state index in [1.807, 2.05) is 10.6 Å². The van der Waals surface area contributed by atoms with E-state index in [4.69, 9.17) is 15.2 Å². The first-order valence-electron chi connectivity index (χ1n) is 12.0. The van der Waals surface area contributed by atoms with E-state index in [1.54, 1.807) is 4.90 Å². The number of carbonyl (C=O) groups is 2. The van der Waals surface area contributed by atoms with E-state index in [1.165, 1.54) is 0 Å². The molecule has 35 heavy (non-hydrogen) atoms. The molecule has 0 spiro atoms. The molecule has 0 radical (unpaired) electrons. The number of hydrogen-bond donors (Lipinski definition) is 2. The lowest BCUT2D eigenvalue weighted by Crippen LogP contribution is -2.35. The van der Waals surface area contributed by atoms with E-state index < -0.39 is 16.1 Å². The van der Waals surface area contributed by atoms with Crippen LogP contribution < -0.4 is 11.1 Å². The van der Waals surface area contributed by atoms with E-state index in [0.717, 1.165) is 12.1 Å². The lowest BCUT2D eigenvalue weighted by atomic mass is 10.0. The molecule has 0 saturated heterocycles. The minimum absolute atomic E-state index is 0.0642. The van der Waals surface area contributed by atoms with Crippen molar-refractivity contribution in [1.82, 2.24) is 14.8 Å². The Kier molecular flexibility index (Phi) is 8.84. The molecule has 9 nitrogen and oxygen atoms in total. The molecule has 0 atom stereocenters. The van der Waals surface area contributed by atoms with Gasteiger partial charge in [-0.15, -0.1) is 0 Å². The second kappa shape index (κ2) is 11.1. The van der Waals surface area contributed by atoms with Gasteiger partial charge in [0.2, 0.25) is 5.96 Å². The van der Waals surface area contributed by atoms with Crippen molar-refractivity contribution in [3.63, 3.8) is 0 Å². The third kappa shape index (κ3) is 7.38. The van der Waals surface area contributed by atoms with Crippen LogP contribution in [-0.4, -0.2) is 69.9 Å². The molecular formula is C23H38BrN5O4Si2. The Balaban J connectivity index is 1.91. The monoisotopic (exact) mass is 583 g/mol. The summed E-state index contributed by atoms with van der Waals surface area (Å²) < 4.78 is 14.4. The maximum atomic E-state index is 13.7. The molecule has 194 valence electrons. The lowest BCUT2D eigenvalue weighted by Gasteiger charge is -2.23. The van der Waals surface area contributed by atoms with Gasteiger partial charge in [0.25, 0.3) is 11.8 Å². The molecular weight excluding hydrogens is 546 g/mol. The van der Waals surface area contributed by atoms with Gasteiger partial charge in [-0.25, -0.2) is 4.99 Å². The highest BCUT2D eigenvalue weighted by atomic mass is 79.9. The standard InChI is InChI=1S/C23H38BrN5O4Si2/c1-34(2,3)11-9-32-14-28-8-7-16(19-21(30)27-23(25)26-19)17-13-18(24)29(20(17)22(28)31)15-33-10-12-35(4,5)6/h13H,7-12,14-15H2,1-6H3,(H3,25,26,27,30)/b19-16-. The lowest BCUT2D eigenvalue weighted by molar-refractivity contribution is -0.115. The third-order valence-electron chi connectivity index (χ3n) is 5.93. The number of guanidine groups is 1. The third-order valence-corrected chi connectivity index (χ3v) is 9.99. The Labute approximate surface area is 218 Å². The zero-order valence-electron chi connectivity index (χ0n) is 21.7. The molecule has 3 rings (SSSR count). The van der Waals surface area contributed by atoms with Crippen LogP contribution in [0, 0.1) is 0 Å². The molecule has 3 N–H and O–H groups in total. The first-order valence-corrected chi connectivity index (χ1v) is 20.2. The SMILES string of the molecule is C[Si](C)(C)CCOCN1CC/C(=C2/N=C(N)NC2=O)c2cc(Br)n(COCC[Si](C)(C)C)c2C1=O. The summed E-state index contributed by atoms with van der Waals surface area (Å²) in [6.07, 6.45) is 0.461. The highest BCUT2D eigenvalue weighted by Gasteiger charge is 2.34. The first kappa shape index (κ1) is 27.8. The van der Waals surface area contributed by atoms with Crippen molar-refractivity contribution >= 4 is 55.4 Å². The predicted molar refractivity (Wildman–Crippen MR) is 148 cm³/mol.